The van der Waals surface area contributed by atoms with E-state index in [0.717, 1.165) is 11.8 Å². The Bertz CT molecular complexity index is 1360. The van der Waals surface area contributed by atoms with E-state index in [2.05, 4.69) is 15.3 Å². The summed E-state index contributed by atoms with van der Waals surface area (Å²) in [5, 5.41) is 3.01. The second kappa shape index (κ2) is 9.82. The Balaban J connectivity index is 1.50. The summed E-state index contributed by atoms with van der Waals surface area (Å²) in [4.78, 5) is 33.0. The van der Waals surface area contributed by atoms with E-state index in [1.54, 1.807) is 44.2 Å². The monoisotopic (exact) mass is 498 g/mol. The molecule has 9 nitrogen and oxygen atoms in total. The molecule has 0 fully saturated rings. The van der Waals surface area contributed by atoms with Crippen LogP contribution in [0.5, 0.6) is 0 Å². The van der Waals surface area contributed by atoms with Crippen molar-refractivity contribution in [2.24, 2.45) is 0 Å². The van der Waals surface area contributed by atoms with Crippen molar-refractivity contribution in [1.82, 2.24) is 9.97 Å². The van der Waals surface area contributed by atoms with Gasteiger partial charge in [0.25, 0.3) is 10.0 Å². The summed E-state index contributed by atoms with van der Waals surface area (Å²) < 4.78 is 32.4. The number of carbonyl (C=O) groups excluding carboxylic acids is 2. The topological polar surface area (TPSA) is 119 Å². The molecule has 0 radical (unpaired) electrons. The third-order valence-corrected chi connectivity index (χ3v) is 7.76. The number of thioether (sulfide) groups is 1. The van der Waals surface area contributed by atoms with Gasteiger partial charge in [-0.1, -0.05) is 36.0 Å². The van der Waals surface area contributed by atoms with E-state index in [0.29, 0.717) is 28.2 Å². The molecular weight excluding hydrogens is 476 g/mol. The van der Waals surface area contributed by atoms with Gasteiger partial charge < -0.3 is 10.1 Å². The van der Waals surface area contributed by atoms with Crippen LogP contribution < -0.4 is 9.62 Å². The fourth-order valence-corrected chi connectivity index (χ4v) is 5.75. The van der Waals surface area contributed by atoms with E-state index >= 15 is 0 Å². The molecule has 0 saturated heterocycles. The second-order valence-corrected chi connectivity index (χ2v) is 9.96. The number of nitrogens with zero attached hydrogens (tertiary/aromatic N) is 3. The van der Waals surface area contributed by atoms with Crippen molar-refractivity contribution in [3.63, 3.8) is 0 Å². The summed E-state index contributed by atoms with van der Waals surface area (Å²) in [6.07, 6.45) is 1.29. The Morgan fingerprint density at radius 3 is 2.68 bits per heavy atom. The molecule has 0 spiro atoms. The molecule has 1 aliphatic heterocycles. The Morgan fingerprint density at radius 1 is 1.12 bits per heavy atom. The minimum atomic E-state index is -3.77. The van der Waals surface area contributed by atoms with Crippen LogP contribution in [0.25, 0.3) is 11.3 Å². The lowest BCUT2D eigenvalue weighted by atomic mass is 10.1. The van der Waals surface area contributed by atoms with E-state index < -0.39 is 16.0 Å². The summed E-state index contributed by atoms with van der Waals surface area (Å²) in [5.41, 5.74) is 2.37. The average Bonchev–Trinajstić information content (AvgIpc) is 2.83. The summed E-state index contributed by atoms with van der Waals surface area (Å²) in [5.74, 6) is -0.789. The van der Waals surface area contributed by atoms with Crippen LogP contribution in [0.4, 0.5) is 11.4 Å². The highest BCUT2D eigenvalue weighted by molar-refractivity contribution is 7.99. The fraction of sp³-hybridized carbons (Fsp3) is 0.217. The molecule has 1 amide bonds. The zero-order valence-corrected chi connectivity index (χ0v) is 20.1. The largest absolute Gasteiger partial charge is 0.462 e. The number of rotatable bonds is 7. The number of ether oxygens (including phenoxy) is 1. The van der Waals surface area contributed by atoms with Gasteiger partial charge in [0.05, 0.1) is 35.5 Å². The van der Waals surface area contributed by atoms with Gasteiger partial charge in [-0.25, -0.2) is 23.2 Å². The molecule has 0 unspecified atom stereocenters. The lowest BCUT2D eigenvalue weighted by molar-refractivity contribution is -0.113. The van der Waals surface area contributed by atoms with Gasteiger partial charge in [-0.05, 0) is 38.1 Å². The number of benzene rings is 2. The van der Waals surface area contributed by atoms with Gasteiger partial charge in [-0.15, -0.1) is 0 Å². The first-order valence-electron chi connectivity index (χ1n) is 10.5. The van der Waals surface area contributed by atoms with Crippen molar-refractivity contribution in [3.05, 3.63) is 60.3 Å². The van der Waals surface area contributed by atoms with Crippen LogP contribution in [0.2, 0.25) is 0 Å². The highest BCUT2D eigenvalue weighted by Crippen LogP contribution is 2.41. The van der Waals surface area contributed by atoms with Crippen LogP contribution in [0, 0.1) is 0 Å². The van der Waals surface area contributed by atoms with Gasteiger partial charge in [0, 0.05) is 17.8 Å². The fourth-order valence-electron chi connectivity index (χ4n) is 3.55. The van der Waals surface area contributed by atoms with Crippen LogP contribution in [0.15, 0.2) is 64.8 Å². The van der Waals surface area contributed by atoms with Crippen molar-refractivity contribution in [2.45, 2.75) is 23.9 Å². The summed E-state index contributed by atoms with van der Waals surface area (Å²) in [6, 6.07) is 13.6. The van der Waals surface area contributed by atoms with Crippen LogP contribution in [0.1, 0.15) is 24.2 Å². The summed E-state index contributed by atoms with van der Waals surface area (Å²) in [6.45, 7) is 4.03. The van der Waals surface area contributed by atoms with Crippen molar-refractivity contribution in [3.8, 4) is 11.3 Å². The maximum atomic E-state index is 13.0. The molecule has 176 valence electrons. The van der Waals surface area contributed by atoms with Gasteiger partial charge in [0.1, 0.15) is 4.90 Å². The summed E-state index contributed by atoms with van der Waals surface area (Å²) in [7, 11) is -3.77. The number of nitrogens with one attached hydrogen (secondary N) is 1. The van der Waals surface area contributed by atoms with Gasteiger partial charge in [0.15, 0.2) is 5.16 Å². The number of hydrogen-bond donors (Lipinski definition) is 1. The normalized spacial score (nSPS) is 13.5. The third kappa shape index (κ3) is 4.62. The molecule has 2 heterocycles. The predicted molar refractivity (Wildman–Crippen MR) is 129 cm³/mol. The molecule has 1 N–H and O–H groups in total. The Hall–Kier alpha value is -3.44. The Labute approximate surface area is 201 Å². The lowest BCUT2D eigenvalue weighted by Gasteiger charge is -2.30. The van der Waals surface area contributed by atoms with Crippen LogP contribution >= 0.6 is 11.8 Å². The van der Waals surface area contributed by atoms with Crippen LogP contribution in [0.3, 0.4) is 0 Å². The van der Waals surface area contributed by atoms with Crippen molar-refractivity contribution >= 4 is 45.0 Å². The van der Waals surface area contributed by atoms with E-state index in [-0.39, 0.29) is 34.9 Å². The number of para-hydroxylation sites is 1. The molecule has 1 aliphatic rings. The van der Waals surface area contributed by atoms with Crippen molar-refractivity contribution in [1.29, 1.82) is 0 Å². The van der Waals surface area contributed by atoms with Crippen molar-refractivity contribution < 1.29 is 22.7 Å². The zero-order chi connectivity index (χ0) is 24.3. The molecular formula is C23H22N4O5S2. The Morgan fingerprint density at radius 2 is 1.91 bits per heavy atom. The average molecular weight is 499 g/mol. The predicted octanol–water partition coefficient (Wildman–Crippen LogP) is 3.58. The number of fused-ring (bicyclic) bond motifs is 3. The van der Waals surface area contributed by atoms with Crippen LogP contribution in [-0.2, 0) is 19.6 Å². The zero-order valence-electron chi connectivity index (χ0n) is 18.5. The second-order valence-electron chi connectivity index (χ2n) is 7.19. The van der Waals surface area contributed by atoms with Crippen molar-refractivity contribution in [2.75, 3.05) is 28.5 Å². The van der Waals surface area contributed by atoms with Gasteiger partial charge >= 0.3 is 5.97 Å². The van der Waals surface area contributed by atoms with Crippen LogP contribution in [-0.4, -0.2) is 49.2 Å². The molecule has 0 atom stereocenters. The molecule has 1 aromatic heterocycles. The van der Waals surface area contributed by atoms with Gasteiger partial charge in [0.2, 0.25) is 5.91 Å². The molecule has 3 aromatic rings. The minimum absolute atomic E-state index is 0.00208. The smallest absolute Gasteiger partial charge is 0.338 e. The maximum Gasteiger partial charge on any atom is 0.338 e. The standard InChI is InChI=1S/C23H22N4O5S2/c1-3-27-18-11-6-5-10-17(18)21-19(34(27,30)31)13-24-23(26-21)33-14-20(28)25-16-9-7-8-15(12-16)22(29)32-4-2/h5-13H,3-4,14H2,1-2H3,(H,25,28). The van der Waals surface area contributed by atoms with E-state index in [1.807, 2.05) is 12.1 Å². The number of sulfonamides is 1. The van der Waals surface area contributed by atoms with E-state index in [9.17, 15) is 18.0 Å². The first kappa shape index (κ1) is 23.7. The molecule has 0 aliphatic carbocycles. The minimum Gasteiger partial charge on any atom is -0.462 e. The Kier molecular flexibility index (Phi) is 6.85. The molecule has 11 heteroatoms. The lowest BCUT2D eigenvalue weighted by Crippen LogP contribution is -2.34. The number of hydrogen-bond acceptors (Lipinski definition) is 8. The molecule has 2 aromatic carbocycles. The van der Waals surface area contributed by atoms with E-state index in [4.69, 9.17) is 4.74 Å². The quantitative estimate of drug-likeness (QED) is 0.298. The highest BCUT2D eigenvalue weighted by atomic mass is 32.2. The molecule has 4 rings (SSSR count). The van der Waals surface area contributed by atoms with E-state index in [1.165, 1.54) is 16.6 Å². The first-order chi connectivity index (χ1) is 16.3. The number of amides is 1. The van der Waals surface area contributed by atoms with Gasteiger partial charge in [-0.2, -0.15) is 0 Å². The number of esters is 1. The summed E-state index contributed by atoms with van der Waals surface area (Å²) >= 11 is 1.09. The number of aromatic nitrogens is 2. The number of carbonyl (C=O) groups is 2. The highest BCUT2D eigenvalue weighted by Gasteiger charge is 2.35. The SMILES string of the molecule is CCOC(=O)c1cccc(NC(=O)CSc2ncc3c(n2)-c2ccccc2N(CC)S3(=O)=O)c1. The number of anilines is 2. The molecule has 0 bridgehead atoms. The maximum absolute atomic E-state index is 13.0. The first-order valence-corrected chi connectivity index (χ1v) is 13.0. The van der Waals surface area contributed by atoms with Gasteiger partial charge in [-0.3, -0.25) is 9.10 Å². The molecule has 0 saturated carbocycles. The molecule has 34 heavy (non-hydrogen) atoms. The third-order valence-electron chi connectivity index (χ3n) is 5.01.